The summed E-state index contributed by atoms with van der Waals surface area (Å²) < 4.78 is 6.44. The van der Waals surface area contributed by atoms with Crippen LogP contribution in [0.3, 0.4) is 0 Å². The number of amides is 1. The van der Waals surface area contributed by atoms with Crippen molar-refractivity contribution in [2.75, 3.05) is 0 Å². The fraction of sp³-hybridized carbons (Fsp3) is 0.533. The first-order valence-electron chi connectivity index (χ1n) is 12.8. The molecule has 2 aromatic rings. The van der Waals surface area contributed by atoms with E-state index in [0.717, 1.165) is 37.0 Å². The number of benzene rings is 2. The first-order chi connectivity index (χ1) is 16.5. The lowest BCUT2D eigenvalue weighted by Gasteiger charge is -2.31. The number of carbonyl (C=O) groups excluding carboxylic acids is 2. The standard InChI is InChI=1S/C30H42BrNO3/c1-8-11-17-25(28(34)32-27(31)26(33)21-15-13-12-14-16-21)35-24-19-18-22(29(4,5)9-2)20-23(24)30(6,7)10-3/h12-16,18-20,25,27H,8-11,17H2,1-7H3,(H,32,34). The van der Waals surface area contributed by atoms with Crippen LogP contribution in [-0.2, 0) is 15.6 Å². The monoisotopic (exact) mass is 543 g/mol. The van der Waals surface area contributed by atoms with Crippen molar-refractivity contribution in [1.29, 1.82) is 0 Å². The molecule has 2 rings (SSSR count). The van der Waals surface area contributed by atoms with Crippen molar-refractivity contribution in [2.45, 2.75) is 102 Å². The minimum absolute atomic E-state index is 0.0527. The van der Waals surface area contributed by atoms with Crippen LogP contribution in [0.1, 0.15) is 102 Å². The van der Waals surface area contributed by atoms with Gasteiger partial charge in [0, 0.05) is 11.1 Å². The highest BCUT2D eigenvalue weighted by Crippen LogP contribution is 2.39. The van der Waals surface area contributed by atoms with Crippen molar-refractivity contribution in [3.63, 3.8) is 0 Å². The highest BCUT2D eigenvalue weighted by Gasteiger charge is 2.30. The maximum atomic E-state index is 13.3. The number of nitrogens with one attached hydrogen (secondary N) is 1. The predicted molar refractivity (Wildman–Crippen MR) is 149 cm³/mol. The molecule has 0 heterocycles. The number of unbranched alkanes of at least 4 members (excludes halogenated alkanes) is 1. The number of ether oxygens (including phenoxy) is 1. The van der Waals surface area contributed by atoms with Gasteiger partial charge < -0.3 is 10.1 Å². The van der Waals surface area contributed by atoms with Gasteiger partial charge in [-0.1, -0.05) is 113 Å². The molecule has 192 valence electrons. The Morgan fingerprint density at radius 1 is 0.943 bits per heavy atom. The zero-order valence-corrected chi connectivity index (χ0v) is 24.0. The Kier molecular flexibility index (Phi) is 10.6. The average molecular weight is 545 g/mol. The van der Waals surface area contributed by atoms with Crippen molar-refractivity contribution in [3.8, 4) is 5.75 Å². The van der Waals surface area contributed by atoms with Crippen LogP contribution in [0.5, 0.6) is 5.75 Å². The van der Waals surface area contributed by atoms with Crippen molar-refractivity contribution < 1.29 is 14.3 Å². The Morgan fingerprint density at radius 3 is 2.14 bits per heavy atom. The van der Waals surface area contributed by atoms with E-state index < -0.39 is 11.1 Å². The number of ketones is 1. The van der Waals surface area contributed by atoms with Gasteiger partial charge in [-0.2, -0.15) is 0 Å². The minimum atomic E-state index is -0.815. The fourth-order valence-corrected chi connectivity index (χ4v) is 4.29. The molecule has 35 heavy (non-hydrogen) atoms. The zero-order valence-electron chi connectivity index (χ0n) is 22.4. The van der Waals surface area contributed by atoms with Gasteiger partial charge in [0.2, 0.25) is 0 Å². The van der Waals surface area contributed by atoms with Gasteiger partial charge >= 0.3 is 0 Å². The predicted octanol–water partition coefficient (Wildman–Crippen LogP) is 7.72. The maximum absolute atomic E-state index is 13.3. The van der Waals surface area contributed by atoms with E-state index in [0.29, 0.717) is 12.0 Å². The number of alkyl halides is 1. The summed E-state index contributed by atoms with van der Waals surface area (Å²) >= 11 is 3.36. The molecule has 4 nitrogen and oxygen atoms in total. The van der Waals surface area contributed by atoms with Gasteiger partial charge in [-0.25, -0.2) is 0 Å². The maximum Gasteiger partial charge on any atom is 0.262 e. The van der Waals surface area contributed by atoms with Gasteiger partial charge in [0.1, 0.15) is 10.7 Å². The number of hydrogen-bond donors (Lipinski definition) is 1. The smallest absolute Gasteiger partial charge is 0.262 e. The van der Waals surface area contributed by atoms with Crippen LogP contribution in [0, 0.1) is 0 Å². The van der Waals surface area contributed by atoms with Gasteiger partial charge in [-0.3, -0.25) is 9.59 Å². The molecule has 1 amide bonds. The molecule has 0 spiro atoms. The highest BCUT2D eigenvalue weighted by atomic mass is 79.9. The van der Waals surface area contributed by atoms with E-state index in [1.54, 1.807) is 12.1 Å². The molecule has 0 radical (unpaired) electrons. The summed E-state index contributed by atoms with van der Waals surface area (Å²) in [5, 5.41) is 2.83. The van der Waals surface area contributed by atoms with Gasteiger partial charge in [-0.15, -0.1) is 0 Å². The lowest BCUT2D eigenvalue weighted by molar-refractivity contribution is -0.128. The SMILES string of the molecule is CCCCC(Oc1ccc(C(C)(C)CC)cc1C(C)(C)CC)C(=O)NC(Br)C(=O)c1ccccc1. The lowest BCUT2D eigenvalue weighted by Crippen LogP contribution is -2.44. The van der Waals surface area contributed by atoms with Crippen LogP contribution in [0.4, 0.5) is 0 Å². The fourth-order valence-electron chi connectivity index (χ4n) is 3.80. The van der Waals surface area contributed by atoms with Gasteiger partial charge in [0.15, 0.2) is 11.9 Å². The quantitative estimate of drug-likeness (QED) is 0.160. The number of carbonyl (C=O) groups is 2. The summed E-state index contributed by atoms with van der Waals surface area (Å²) in [4.78, 5) is 25.2. The van der Waals surface area contributed by atoms with Crippen molar-refractivity contribution in [1.82, 2.24) is 5.32 Å². The third-order valence-corrected chi connectivity index (χ3v) is 7.84. The molecule has 2 aromatic carbocycles. The zero-order chi connectivity index (χ0) is 26.2. The van der Waals surface area contributed by atoms with Crippen LogP contribution >= 0.6 is 15.9 Å². The Balaban J connectivity index is 2.33. The van der Waals surface area contributed by atoms with E-state index in [-0.39, 0.29) is 22.5 Å². The first-order valence-corrected chi connectivity index (χ1v) is 13.7. The van der Waals surface area contributed by atoms with Crippen molar-refractivity contribution in [2.24, 2.45) is 0 Å². The summed E-state index contributed by atoms with van der Waals surface area (Å²) in [5.74, 6) is 0.263. The van der Waals surface area contributed by atoms with Crippen molar-refractivity contribution >= 4 is 27.6 Å². The summed E-state index contributed by atoms with van der Waals surface area (Å²) in [5.41, 5.74) is 2.87. The molecule has 0 aliphatic rings. The summed E-state index contributed by atoms with van der Waals surface area (Å²) in [6, 6.07) is 15.4. The first kappa shape index (κ1) is 29.1. The molecule has 0 bridgehead atoms. The Labute approximate surface area is 220 Å². The molecule has 0 aliphatic carbocycles. The molecule has 5 heteroatoms. The van der Waals surface area contributed by atoms with Crippen molar-refractivity contribution in [3.05, 3.63) is 65.2 Å². The third kappa shape index (κ3) is 7.67. The minimum Gasteiger partial charge on any atom is -0.480 e. The second-order valence-electron chi connectivity index (χ2n) is 10.5. The van der Waals surface area contributed by atoms with E-state index in [2.05, 4.69) is 81.8 Å². The van der Waals surface area contributed by atoms with Crippen LogP contribution in [0.2, 0.25) is 0 Å². The molecule has 2 unspecified atom stereocenters. The topological polar surface area (TPSA) is 55.4 Å². The van der Waals surface area contributed by atoms with E-state index in [1.807, 2.05) is 24.3 Å². The van der Waals surface area contributed by atoms with Crippen LogP contribution in [0.25, 0.3) is 0 Å². The summed E-state index contributed by atoms with van der Waals surface area (Å²) in [6.45, 7) is 15.4. The molecule has 0 saturated heterocycles. The van der Waals surface area contributed by atoms with E-state index in [9.17, 15) is 9.59 Å². The van der Waals surface area contributed by atoms with Crippen LogP contribution in [-0.4, -0.2) is 22.7 Å². The number of hydrogen-bond acceptors (Lipinski definition) is 3. The normalized spacial score (nSPS) is 13.7. The molecule has 0 aliphatic heterocycles. The molecular formula is C30H42BrNO3. The number of halogens is 1. The third-order valence-electron chi connectivity index (χ3n) is 7.20. The van der Waals surface area contributed by atoms with Gasteiger partial charge in [0.25, 0.3) is 5.91 Å². The Bertz CT molecular complexity index is 984. The average Bonchev–Trinajstić information content (AvgIpc) is 2.86. The summed E-state index contributed by atoms with van der Waals surface area (Å²) in [6.07, 6.45) is 3.67. The Morgan fingerprint density at radius 2 is 1.57 bits per heavy atom. The summed E-state index contributed by atoms with van der Waals surface area (Å²) in [7, 11) is 0. The Hall–Kier alpha value is -2.14. The lowest BCUT2D eigenvalue weighted by atomic mass is 9.76. The second-order valence-corrected chi connectivity index (χ2v) is 11.5. The highest BCUT2D eigenvalue weighted by molar-refractivity contribution is 9.10. The second kappa shape index (κ2) is 12.7. The molecule has 0 fully saturated rings. The van der Waals surface area contributed by atoms with E-state index >= 15 is 0 Å². The van der Waals surface area contributed by atoms with Gasteiger partial charge in [-0.05, 0) is 48.1 Å². The van der Waals surface area contributed by atoms with Crippen LogP contribution in [0.15, 0.2) is 48.5 Å². The molecule has 0 saturated carbocycles. The van der Waals surface area contributed by atoms with E-state index in [1.165, 1.54) is 5.56 Å². The molecule has 0 aromatic heterocycles. The van der Waals surface area contributed by atoms with E-state index in [4.69, 9.17) is 4.74 Å². The number of rotatable bonds is 13. The van der Waals surface area contributed by atoms with Crippen LogP contribution < -0.4 is 10.1 Å². The number of Topliss-reactive ketones (excluding diaryl/α,β-unsaturated/α-hetero) is 1. The van der Waals surface area contributed by atoms with Gasteiger partial charge in [0.05, 0.1) is 0 Å². The molecular weight excluding hydrogens is 502 g/mol. The molecule has 2 atom stereocenters. The largest absolute Gasteiger partial charge is 0.480 e. The molecule has 1 N–H and O–H groups in total.